The highest BCUT2D eigenvalue weighted by Gasteiger charge is 2.54. The second-order valence-electron chi connectivity index (χ2n) is 15.4. The van der Waals surface area contributed by atoms with Gasteiger partial charge < -0.3 is 4.74 Å². The van der Waals surface area contributed by atoms with E-state index in [0.717, 1.165) is 17.1 Å². The Morgan fingerprint density at radius 1 is 0.273 bits per heavy atom. The Hall–Kier alpha value is -6.96. The molecule has 0 radical (unpaired) electrons. The summed E-state index contributed by atoms with van der Waals surface area (Å²) in [5.41, 5.74) is 19.5. The molecule has 9 aromatic rings. The number of ether oxygens (including phenoxy) is 1. The van der Waals surface area contributed by atoms with Crippen LogP contribution < -0.4 is 4.74 Å². The maximum atomic E-state index is 7.21. The lowest BCUT2D eigenvalue weighted by Gasteiger charge is -2.40. The van der Waals surface area contributed by atoms with E-state index in [0.29, 0.717) is 0 Å². The maximum absolute atomic E-state index is 7.21. The quantitative estimate of drug-likeness (QED) is 0.166. The van der Waals surface area contributed by atoms with E-state index in [-0.39, 0.29) is 0 Å². The summed E-state index contributed by atoms with van der Waals surface area (Å²) in [5, 5.41) is 2.54. The lowest BCUT2D eigenvalue weighted by atomic mass is 9.65. The Bertz CT molecular complexity index is 3100. The van der Waals surface area contributed by atoms with Crippen LogP contribution >= 0.6 is 0 Å². The molecule has 0 bridgehead atoms. The Morgan fingerprint density at radius 2 is 0.709 bits per heavy atom. The molecular formula is C54H32O. The third-order valence-electron chi connectivity index (χ3n) is 13.1. The van der Waals surface area contributed by atoms with Crippen molar-refractivity contribution in [3.63, 3.8) is 0 Å². The predicted molar refractivity (Wildman–Crippen MR) is 223 cm³/mol. The maximum Gasteiger partial charge on any atom is 0.140 e. The molecule has 1 heteroatoms. The molecule has 1 aliphatic heterocycles. The number of hydrogen-bond donors (Lipinski definition) is 0. The van der Waals surface area contributed by atoms with Gasteiger partial charge in [-0.3, -0.25) is 0 Å². The van der Waals surface area contributed by atoms with Crippen molar-refractivity contribution in [2.24, 2.45) is 0 Å². The van der Waals surface area contributed by atoms with Crippen molar-refractivity contribution in [3.8, 4) is 56.0 Å². The van der Waals surface area contributed by atoms with Gasteiger partial charge in [-0.15, -0.1) is 0 Å². The zero-order valence-electron chi connectivity index (χ0n) is 29.9. The fourth-order valence-electron chi connectivity index (χ4n) is 11.2. The molecule has 0 N–H and O–H groups in total. The fourth-order valence-corrected chi connectivity index (χ4v) is 11.2. The molecule has 3 aliphatic carbocycles. The molecule has 0 saturated carbocycles. The van der Waals surface area contributed by atoms with E-state index >= 15 is 0 Å². The zero-order valence-corrected chi connectivity index (χ0v) is 29.9. The predicted octanol–water partition coefficient (Wildman–Crippen LogP) is 13.3. The van der Waals surface area contributed by atoms with Crippen molar-refractivity contribution in [2.45, 2.75) is 10.8 Å². The summed E-state index contributed by atoms with van der Waals surface area (Å²) in [6.45, 7) is 0. The largest absolute Gasteiger partial charge is 0.456 e. The van der Waals surface area contributed by atoms with Crippen LogP contribution in [0.1, 0.15) is 44.5 Å². The Balaban J connectivity index is 1.13. The van der Waals surface area contributed by atoms with Crippen LogP contribution in [0.5, 0.6) is 11.5 Å². The van der Waals surface area contributed by atoms with Crippen LogP contribution in [0.3, 0.4) is 0 Å². The van der Waals surface area contributed by atoms with Crippen LogP contribution in [0.2, 0.25) is 0 Å². The molecule has 0 aromatic heterocycles. The van der Waals surface area contributed by atoms with Gasteiger partial charge in [0.2, 0.25) is 0 Å². The van der Waals surface area contributed by atoms with Crippen molar-refractivity contribution in [3.05, 3.63) is 239 Å². The van der Waals surface area contributed by atoms with Gasteiger partial charge >= 0.3 is 0 Å². The minimum Gasteiger partial charge on any atom is -0.456 e. The molecule has 1 unspecified atom stereocenters. The van der Waals surface area contributed by atoms with E-state index < -0.39 is 10.8 Å². The van der Waals surface area contributed by atoms with E-state index in [1.165, 1.54) is 94.2 Å². The first-order valence-corrected chi connectivity index (χ1v) is 19.3. The molecular weight excluding hydrogens is 665 g/mol. The highest BCUT2D eigenvalue weighted by Crippen LogP contribution is 2.67. The minimum absolute atomic E-state index is 0.454. The van der Waals surface area contributed by atoms with Crippen LogP contribution in [0, 0.1) is 0 Å². The van der Waals surface area contributed by atoms with Gasteiger partial charge in [-0.1, -0.05) is 176 Å². The molecule has 0 saturated heterocycles. The third kappa shape index (κ3) is 3.42. The molecule has 13 rings (SSSR count). The third-order valence-corrected chi connectivity index (χ3v) is 13.1. The first-order valence-electron chi connectivity index (χ1n) is 19.3. The highest BCUT2D eigenvalue weighted by atomic mass is 16.5. The number of para-hydroxylation sites is 2. The Kier molecular flexibility index (Phi) is 5.56. The summed E-state index contributed by atoms with van der Waals surface area (Å²) in [7, 11) is 0. The van der Waals surface area contributed by atoms with E-state index in [1.54, 1.807) is 0 Å². The average molecular weight is 697 g/mol. The number of benzene rings is 9. The van der Waals surface area contributed by atoms with E-state index in [2.05, 4.69) is 194 Å². The van der Waals surface area contributed by atoms with Gasteiger partial charge in [0, 0.05) is 16.7 Å². The van der Waals surface area contributed by atoms with Crippen LogP contribution in [-0.4, -0.2) is 0 Å². The van der Waals surface area contributed by atoms with Gasteiger partial charge in [-0.25, -0.2) is 0 Å². The second-order valence-corrected chi connectivity index (χ2v) is 15.4. The number of fused-ring (bicyclic) bond motifs is 20. The van der Waals surface area contributed by atoms with Gasteiger partial charge in [0.05, 0.1) is 10.8 Å². The summed E-state index contributed by atoms with van der Waals surface area (Å²) < 4.78 is 7.21. The van der Waals surface area contributed by atoms with Crippen LogP contribution in [0.25, 0.3) is 55.3 Å². The lowest BCUT2D eigenvalue weighted by molar-refractivity contribution is 0.438. The Morgan fingerprint density at radius 3 is 1.38 bits per heavy atom. The summed E-state index contributed by atoms with van der Waals surface area (Å²) >= 11 is 0. The standard InChI is InChI=1S/C54H32O/c1-2-16-34-32-49-41(31-33(34)15-1)37-19-5-9-25-44(37)54(49)45-26-10-6-20-40(45)51-38(21-13-28-47(51)54)39-22-14-29-48-52(39)55-50-30-12-11-27-46(50)53(48)42-23-7-3-17-35(42)36-18-4-8-24-43(36)53/h1-32H. The summed E-state index contributed by atoms with van der Waals surface area (Å²) in [5.74, 6) is 1.83. The van der Waals surface area contributed by atoms with Crippen LogP contribution in [-0.2, 0) is 10.8 Å². The van der Waals surface area contributed by atoms with Crippen molar-refractivity contribution in [1.29, 1.82) is 0 Å². The highest BCUT2D eigenvalue weighted by molar-refractivity contribution is 6.03. The molecule has 9 aromatic carbocycles. The summed E-state index contributed by atoms with van der Waals surface area (Å²) in [6, 6.07) is 72.3. The topological polar surface area (TPSA) is 9.23 Å². The van der Waals surface area contributed by atoms with Gasteiger partial charge in [-0.05, 0) is 101 Å². The Labute approximate surface area is 319 Å². The van der Waals surface area contributed by atoms with Gasteiger partial charge in [0.25, 0.3) is 0 Å². The van der Waals surface area contributed by atoms with Crippen LogP contribution in [0.4, 0.5) is 0 Å². The first-order chi connectivity index (χ1) is 27.3. The van der Waals surface area contributed by atoms with Crippen LogP contribution in [0.15, 0.2) is 194 Å². The van der Waals surface area contributed by atoms with E-state index in [1.807, 2.05) is 0 Å². The smallest absolute Gasteiger partial charge is 0.140 e. The lowest BCUT2D eigenvalue weighted by Crippen LogP contribution is -2.32. The molecule has 1 atom stereocenters. The normalized spacial score (nSPS) is 16.7. The molecule has 2 spiro atoms. The molecule has 1 heterocycles. The average Bonchev–Trinajstić information content (AvgIpc) is 3.83. The van der Waals surface area contributed by atoms with E-state index in [9.17, 15) is 0 Å². The summed E-state index contributed by atoms with van der Waals surface area (Å²) in [6.07, 6.45) is 0. The zero-order chi connectivity index (χ0) is 35.9. The SMILES string of the molecule is c1ccc2c(c1)Oc1c(-c3cccc4c3-c3ccccc3C43c4ccccc4-c4cc5ccccc5cc43)cccc1C21c2ccccc2-c2ccccc21. The molecule has 1 nitrogen and oxygen atoms in total. The van der Waals surface area contributed by atoms with Gasteiger partial charge in [-0.2, -0.15) is 0 Å². The summed E-state index contributed by atoms with van der Waals surface area (Å²) in [4.78, 5) is 0. The molecule has 0 amide bonds. The number of rotatable bonds is 1. The van der Waals surface area contributed by atoms with Crippen molar-refractivity contribution in [2.75, 3.05) is 0 Å². The first kappa shape index (κ1) is 29.5. The van der Waals surface area contributed by atoms with Crippen molar-refractivity contribution < 1.29 is 4.74 Å². The monoisotopic (exact) mass is 696 g/mol. The number of hydrogen-bond acceptors (Lipinski definition) is 1. The minimum atomic E-state index is -0.519. The molecule has 0 fully saturated rings. The molecule has 254 valence electrons. The van der Waals surface area contributed by atoms with Gasteiger partial charge in [0.1, 0.15) is 11.5 Å². The second kappa shape index (κ2) is 10.4. The van der Waals surface area contributed by atoms with E-state index in [4.69, 9.17) is 4.74 Å². The van der Waals surface area contributed by atoms with Crippen molar-refractivity contribution >= 4 is 10.8 Å². The molecule has 4 aliphatic rings. The fraction of sp³-hybridized carbons (Fsp3) is 0.0370. The van der Waals surface area contributed by atoms with Gasteiger partial charge in [0.15, 0.2) is 0 Å². The molecule has 55 heavy (non-hydrogen) atoms. The van der Waals surface area contributed by atoms with Crippen molar-refractivity contribution in [1.82, 2.24) is 0 Å².